The monoisotopic (exact) mass is 215 g/mol. The lowest BCUT2D eigenvalue weighted by Crippen LogP contribution is -2.24. The topological polar surface area (TPSA) is 75.1 Å². The molecule has 0 bridgehead atoms. The maximum Gasteiger partial charge on any atom is 0.272 e. The van der Waals surface area contributed by atoms with Gasteiger partial charge < -0.3 is 10.4 Å². The number of hydrogen-bond acceptors (Lipinski definition) is 5. The van der Waals surface area contributed by atoms with Gasteiger partial charge in [-0.25, -0.2) is 0 Å². The van der Waals surface area contributed by atoms with E-state index in [4.69, 9.17) is 5.11 Å². The molecule has 0 unspecified atom stereocenters. The first-order chi connectivity index (χ1) is 6.84. The molecule has 0 aromatic carbocycles. The first-order valence-electron chi connectivity index (χ1n) is 4.51. The Hall–Kier alpha value is -1.01. The summed E-state index contributed by atoms with van der Waals surface area (Å²) in [5, 5.41) is 11.2. The normalized spacial score (nSPS) is 10.1. The van der Waals surface area contributed by atoms with Crippen LogP contribution >= 0.6 is 11.7 Å². The van der Waals surface area contributed by atoms with Crippen molar-refractivity contribution in [1.82, 2.24) is 14.1 Å². The highest BCUT2D eigenvalue weighted by atomic mass is 32.1. The standard InChI is InChI=1S/C8H13N3O2S/c12-5-3-1-2-4-9-8(13)7-6-10-14-11-7/h6,12H,1-5H2,(H,9,13). The molecule has 6 heteroatoms. The molecule has 1 aromatic rings. The second kappa shape index (κ2) is 6.44. The van der Waals surface area contributed by atoms with Gasteiger partial charge >= 0.3 is 0 Å². The molecule has 5 nitrogen and oxygen atoms in total. The van der Waals surface area contributed by atoms with Crippen molar-refractivity contribution in [3.05, 3.63) is 11.9 Å². The Labute approximate surface area is 86.5 Å². The summed E-state index contributed by atoms with van der Waals surface area (Å²) in [5.41, 5.74) is 0.372. The predicted molar refractivity (Wildman–Crippen MR) is 53.2 cm³/mol. The molecule has 0 spiro atoms. The zero-order valence-corrected chi connectivity index (χ0v) is 8.59. The van der Waals surface area contributed by atoms with Gasteiger partial charge in [0.1, 0.15) is 0 Å². The van der Waals surface area contributed by atoms with Crippen molar-refractivity contribution >= 4 is 17.6 Å². The highest BCUT2D eigenvalue weighted by molar-refractivity contribution is 6.99. The van der Waals surface area contributed by atoms with E-state index < -0.39 is 0 Å². The maximum absolute atomic E-state index is 11.3. The highest BCUT2D eigenvalue weighted by Crippen LogP contribution is 1.96. The van der Waals surface area contributed by atoms with E-state index in [9.17, 15) is 4.79 Å². The fourth-order valence-corrected chi connectivity index (χ4v) is 1.38. The maximum atomic E-state index is 11.3. The Morgan fingerprint density at radius 2 is 2.36 bits per heavy atom. The van der Waals surface area contributed by atoms with E-state index in [0.717, 1.165) is 31.0 Å². The number of nitrogens with one attached hydrogen (secondary N) is 1. The van der Waals surface area contributed by atoms with Crippen LogP contribution in [0.5, 0.6) is 0 Å². The van der Waals surface area contributed by atoms with Crippen LogP contribution in [0, 0.1) is 0 Å². The summed E-state index contributed by atoms with van der Waals surface area (Å²) in [6.45, 7) is 0.834. The van der Waals surface area contributed by atoms with Crippen LogP contribution in [0.2, 0.25) is 0 Å². The first-order valence-corrected chi connectivity index (χ1v) is 5.24. The molecule has 2 N–H and O–H groups in total. The molecule has 0 aliphatic heterocycles. The molecule has 1 rings (SSSR count). The van der Waals surface area contributed by atoms with E-state index >= 15 is 0 Å². The van der Waals surface area contributed by atoms with Crippen molar-refractivity contribution < 1.29 is 9.90 Å². The summed E-state index contributed by atoms with van der Waals surface area (Å²) in [6.07, 6.45) is 4.04. The zero-order valence-electron chi connectivity index (χ0n) is 7.77. The molecular weight excluding hydrogens is 202 g/mol. The Morgan fingerprint density at radius 1 is 1.50 bits per heavy atom. The average Bonchev–Trinajstić information content (AvgIpc) is 2.70. The molecular formula is C8H13N3O2S. The largest absolute Gasteiger partial charge is 0.396 e. The summed E-state index contributed by atoms with van der Waals surface area (Å²) in [6, 6.07) is 0. The van der Waals surface area contributed by atoms with Gasteiger partial charge in [-0.05, 0) is 19.3 Å². The van der Waals surface area contributed by atoms with E-state index in [2.05, 4.69) is 14.1 Å². The van der Waals surface area contributed by atoms with Crippen molar-refractivity contribution in [3.8, 4) is 0 Å². The summed E-state index contributed by atoms with van der Waals surface area (Å²) < 4.78 is 7.55. The second-order valence-electron chi connectivity index (χ2n) is 2.83. The van der Waals surface area contributed by atoms with E-state index in [-0.39, 0.29) is 12.5 Å². The molecule has 0 radical (unpaired) electrons. The summed E-state index contributed by atoms with van der Waals surface area (Å²) in [5.74, 6) is -0.178. The van der Waals surface area contributed by atoms with Gasteiger partial charge in [0.25, 0.3) is 5.91 Å². The van der Waals surface area contributed by atoms with Gasteiger partial charge in [0.05, 0.1) is 17.9 Å². The molecule has 0 atom stereocenters. The number of aliphatic hydroxyl groups excluding tert-OH is 1. The summed E-state index contributed by atoms with van der Waals surface area (Å²) in [4.78, 5) is 11.3. The smallest absolute Gasteiger partial charge is 0.272 e. The van der Waals surface area contributed by atoms with E-state index in [0.29, 0.717) is 12.2 Å². The number of nitrogens with zero attached hydrogens (tertiary/aromatic N) is 2. The number of aromatic nitrogens is 2. The number of rotatable bonds is 6. The average molecular weight is 215 g/mol. The van der Waals surface area contributed by atoms with E-state index in [1.54, 1.807) is 0 Å². The van der Waals surface area contributed by atoms with Gasteiger partial charge in [0, 0.05) is 13.2 Å². The number of carbonyl (C=O) groups excluding carboxylic acids is 1. The van der Waals surface area contributed by atoms with Crippen LogP contribution in [-0.4, -0.2) is 32.9 Å². The fourth-order valence-electron chi connectivity index (χ4n) is 0.971. The lowest BCUT2D eigenvalue weighted by Gasteiger charge is -2.01. The number of carbonyl (C=O) groups is 1. The van der Waals surface area contributed by atoms with Crippen LogP contribution in [0.15, 0.2) is 6.20 Å². The Balaban J connectivity index is 2.10. The zero-order chi connectivity index (χ0) is 10.2. The summed E-state index contributed by atoms with van der Waals surface area (Å²) in [7, 11) is 0. The Bertz CT molecular complexity index is 264. The quantitative estimate of drug-likeness (QED) is 0.675. The number of unbranched alkanes of at least 4 members (excludes halogenated alkanes) is 2. The molecule has 1 aromatic heterocycles. The molecule has 0 aliphatic carbocycles. The van der Waals surface area contributed by atoms with Crippen LogP contribution < -0.4 is 5.32 Å². The third-order valence-corrected chi connectivity index (χ3v) is 2.19. The minimum Gasteiger partial charge on any atom is -0.396 e. The molecule has 0 aliphatic rings. The third kappa shape index (κ3) is 3.80. The molecule has 14 heavy (non-hydrogen) atoms. The lowest BCUT2D eigenvalue weighted by molar-refractivity contribution is 0.0949. The second-order valence-corrected chi connectivity index (χ2v) is 3.39. The lowest BCUT2D eigenvalue weighted by atomic mass is 10.2. The van der Waals surface area contributed by atoms with Crippen LogP contribution in [0.25, 0.3) is 0 Å². The number of amides is 1. The SMILES string of the molecule is O=C(NCCCCCO)c1cnsn1. The minimum absolute atomic E-state index is 0.178. The molecule has 1 heterocycles. The van der Waals surface area contributed by atoms with E-state index in [1.165, 1.54) is 6.20 Å². The molecule has 0 saturated carbocycles. The minimum atomic E-state index is -0.178. The van der Waals surface area contributed by atoms with Crippen LogP contribution in [0.1, 0.15) is 29.8 Å². The van der Waals surface area contributed by atoms with Crippen molar-refractivity contribution in [2.75, 3.05) is 13.2 Å². The first kappa shape index (κ1) is 11.1. The van der Waals surface area contributed by atoms with Crippen molar-refractivity contribution in [1.29, 1.82) is 0 Å². The van der Waals surface area contributed by atoms with Crippen molar-refractivity contribution in [2.24, 2.45) is 0 Å². The third-order valence-electron chi connectivity index (χ3n) is 1.71. The van der Waals surface area contributed by atoms with Gasteiger partial charge in [-0.1, -0.05) is 0 Å². The van der Waals surface area contributed by atoms with Crippen LogP contribution in [0.4, 0.5) is 0 Å². The highest BCUT2D eigenvalue weighted by Gasteiger charge is 2.06. The fraction of sp³-hybridized carbons (Fsp3) is 0.625. The van der Waals surface area contributed by atoms with Gasteiger partial charge in [-0.3, -0.25) is 4.79 Å². The van der Waals surface area contributed by atoms with Crippen molar-refractivity contribution in [2.45, 2.75) is 19.3 Å². The molecule has 78 valence electrons. The molecule has 0 saturated heterocycles. The predicted octanol–water partition coefficient (Wildman–Crippen LogP) is 0.430. The van der Waals surface area contributed by atoms with Gasteiger partial charge in [-0.2, -0.15) is 8.75 Å². The molecule has 1 amide bonds. The van der Waals surface area contributed by atoms with Gasteiger partial charge in [0.15, 0.2) is 5.69 Å². The van der Waals surface area contributed by atoms with Crippen molar-refractivity contribution in [3.63, 3.8) is 0 Å². The Morgan fingerprint density at radius 3 is 3.00 bits per heavy atom. The van der Waals surface area contributed by atoms with Gasteiger partial charge in [-0.15, -0.1) is 0 Å². The number of hydrogen-bond donors (Lipinski definition) is 2. The van der Waals surface area contributed by atoms with Gasteiger partial charge in [0.2, 0.25) is 0 Å². The van der Waals surface area contributed by atoms with E-state index in [1.807, 2.05) is 0 Å². The number of aliphatic hydroxyl groups is 1. The van der Waals surface area contributed by atoms with Crippen LogP contribution in [0.3, 0.4) is 0 Å². The summed E-state index contributed by atoms with van der Waals surface area (Å²) >= 11 is 1.02. The molecule has 0 fully saturated rings. The van der Waals surface area contributed by atoms with Crippen LogP contribution in [-0.2, 0) is 0 Å². The Kier molecular flexibility index (Phi) is 5.09.